The summed E-state index contributed by atoms with van der Waals surface area (Å²) in [6.45, 7) is 0.531. The van der Waals surface area contributed by atoms with Gasteiger partial charge in [-0.25, -0.2) is 0 Å². The van der Waals surface area contributed by atoms with Crippen LogP contribution in [0.5, 0.6) is 0 Å². The molecule has 3 rings (SSSR count). The van der Waals surface area contributed by atoms with Crippen LogP contribution in [0.15, 0.2) is 42.0 Å². The van der Waals surface area contributed by atoms with Crippen LogP contribution in [-0.4, -0.2) is 30.0 Å². The minimum Gasteiger partial charge on any atom is -0.383 e. The highest BCUT2D eigenvalue weighted by atomic mass is 16.3. The van der Waals surface area contributed by atoms with E-state index in [9.17, 15) is 14.7 Å². The van der Waals surface area contributed by atoms with Crippen LogP contribution in [0.3, 0.4) is 0 Å². The lowest BCUT2D eigenvalue weighted by Crippen LogP contribution is -2.47. The second-order valence-corrected chi connectivity index (χ2v) is 7.36. The average molecular weight is 356 g/mol. The van der Waals surface area contributed by atoms with Crippen LogP contribution in [0.2, 0.25) is 0 Å². The van der Waals surface area contributed by atoms with Crippen LogP contribution in [0.4, 0.5) is 0 Å². The molecule has 3 N–H and O–H groups in total. The highest BCUT2D eigenvalue weighted by Gasteiger charge is 2.45. The molecule has 0 bridgehead atoms. The van der Waals surface area contributed by atoms with Crippen molar-refractivity contribution in [3.63, 3.8) is 0 Å². The minimum absolute atomic E-state index is 0.0546. The molecule has 26 heavy (non-hydrogen) atoms. The summed E-state index contributed by atoms with van der Waals surface area (Å²) in [6.07, 6.45) is 9.56. The number of hydrogen-bond acceptors (Lipinski definition) is 3. The minimum atomic E-state index is -1.11. The van der Waals surface area contributed by atoms with E-state index < -0.39 is 17.4 Å². The number of hydrogen-bond donors (Lipinski definition) is 3. The maximum absolute atomic E-state index is 12.1. The number of amides is 2. The fraction of sp³-hybridized carbons (Fsp3) is 0.524. The zero-order chi connectivity index (χ0) is 18.4. The molecule has 5 heteroatoms. The van der Waals surface area contributed by atoms with Crippen LogP contribution < -0.4 is 10.6 Å². The van der Waals surface area contributed by atoms with E-state index in [1.54, 1.807) is 0 Å². The van der Waals surface area contributed by atoms with E-state index >= 15 is 0 Å². The van der Waals surface area contributed by atoms with Gasteiger partial charge in [-0.05, 0) is 56.4 Å². The molecular weight excluding hydrogens is 328 g/mol. The Balaban J connectivity index is 1.47. The van der Waals surface area contributed by atoms with E-state index in [2.05, 4.69) is 16.7 Å². The number of carbonyl (C=O) groups is 2. The number of nitrogens with one attached hydrogen (secondary N) is 2. The zero-order valence-corrected chi connectivity index (χ0v) is 15.2. The first-order chi connectivity index (χ1) is 12.6. The number of benzene rings is 1. The van der Waals surface area contributed by atoms with Gasteiger partial charge in [-0.3, -0.25) is 9.59 Å². The van der Waals surface area contributed by atoms with Gasteiger partial charge >= 0.3 is 11.8 Å². The van der Waals surface area contributed by atoms with E-state index in [0.29, 0.717) is 6.54 Å². The Morgan fingerprint density at radius 1 is 1.08 bits per heavy atom. The third-order valence-electron chi connectivity index (χ3n) is 5.37. The van der Waals surface area contributed by atoms with Crippen molar-refractivity contribution in [1.29, 1.82) is 0 Å². The van der Waals surface area contributed by atoms with Gasteiger partial charge < -0.3 is 15.7 Å². The monoisotopic (exact) mass is 356 g/mol. The molecule has 2 aliphatic rings. The zero-order valence-electron chi connectivity index (χ0n) is 15.2. The van der Waals surface area contributed by atoms with Gasteiger partial charge in [-0.2, -0.15) is 0 Å². The first kappa shape index (κ1) is 18.6. The molecule has 0 heterocycles. The van der Waals surface area contributed by atoms with Crippen molar-refractivity contribution in [2.24, 2.45) is 5.92 Å². The quantitative estimate of drug-likeness (QED) is 0.518. The Morgan fingerprint density at radius 2 is 1.81 bits per heavy atom. The summed E-state index contributed by atoms with van der Waals surface area (Å²) in [7, 11) is 0. The van der Waals surface area contributed by atoms with Crippen molar-refractivity contribution in [1.82, 2.24) is 10.6 Å². The van der Waals surface area contributed by atoms with Crippen LogP contribution in [0.25, 0.3) is 0 Å². The molecule has 2 amide bonds. The third-order valence-corrected chi connectivity index (χ3v) is 5.37. The Kier molecular flexibility index (Phi) is 6.09. The number of carbonyl (C=O) groups excluding carboxylic acids is 2. The topological polar surface area (TPSA) is 78.4 Å². The largest absolute Gasteiger partial charge is 0.383 e. The summed E-state index contributed by atoms with van der Waals surface area (Å²) in [6, 6.07) is 9.36. The molecule has 140 valence electrons. The van der Waals surface area contributed by atoms with E-state index in [4.69, 9.17) is 0 Å². The number of rotatable bonds is 7. The Hall–Kier alpha value is -2.14. The Labute approximate surface area is 154 Å². The van der Waals surface area contributed by atoms with Crippen molar-refractivity contribution in [3.05, 3.63) is 47.5 Å². The van der Waals surface area contributed by atoms with Crippen LogP contribution in [0.1, 0.15) is 50.5 Å². The molecule has 0 saturated heterocycles. The van der Waals surface area contributed by atoms with Crippen molar-refractivity contribution < 1.29 is 14.7 Å². The van der Waals surface area contributed by atoms with Crippen molar-refractivity contribution >= 4 is 11.8 Å². The maximum atomic E-state index is 12.1. The van der Waals surface area contributed by atoms with Gasteiger partial charge in [0.05, 0.1) is 6.54 Å². The predicted octanol–water partition coefficient (Wildman–Crippen LogP) is 2.41. The molecule has 1 fully saturated rings. The summed E-state index contributed by atoms with van der Waals surface area (Å²) >= 11 is 0. The lowest BCUT2D eigenvalue weighted by atomic mass is 9.88. The molecule has 0 spiro atoms. The molecule has 5 nitrogen and oxygen atoms in total. The summed E-state index contributed by atoms with van der Waals surface area (Å²) in [4.78, 5) is 24.1. The Bertz CT molecular complexity index is 667. The van der Waals surface area contributed by atoms with Gasteiger partial charge in [-0.15, -0.1) is 0 Å². The third kappa shape index (κ3) is 4.73. The molecule has 1 unspecified atom stereocenters. The fourth-order valence-corrected chi connectivity index (χ4v) is 3.61. The SMILES string of the molecule is O=C(NCCC1=CCCCC1)C(=O)NCC(O)(c1ccccc1)C1CC1. The van der Waals surface area contributed by atoms with Gasteiger partial charge in [0.25, 0.3) is 0 Å². The summed E-state index contributed by atoms with van der Waals surface area (Å²) in [5, 5.41) is 16.3. The van der Waals surface area contributed by atoms with E-state index in [1.807, 2.05) is 30.3 Å². The molecule has 0 aliphatic heterocycles. The molecule has 1 atom stereocenters. The molecule has 2 aliphatic carbocycles. The highest BCUT2D eigenvalue weighted by Crippen LogP contribution is 2.45. The first-order valence-electron chi connectivity index (χ1n) is 9.61. The van der Waals surface area contributed by atoms with Gasteiger partial charge in [0.15, 0.2) is 0 Å². The molecule has 1 aromatic rings. The fourth-order valence-electron chi connectivity index (χ4n) is 3.61. The van der Waals surface area contributed by atoms with Crippen molar-refractivity contribution in [2.75, 3.05) is 13.1 Å². The maximum Gasteiger partial charge on any atom is 0.309 e. The molecule has 0 radical (unpaired) electrons. The van der Waals surface area contributed by atoms with E-state index in [1.165, 1.54) is 18.4 Å². The van der Waals surface area contributed by atoms with Crippen molar-refractivity contribution in [2.45, 2.75) is 50.5 Å². The lowest BCUT2D eigenvalue weighted by Gasteiger charge is -2.29. The normalized spacial score (nSPS) is 19.2. The summed E-state index contributed by atoms with van der Waals surface area (Å²) in [5.41, 5.74) is 1.04. The van der Waals surface area contributed by atoms with Crippen LogP contribution in [-0.2, 0) is 15.2 Å². The Morgan fingerprint density at radius 3 is 2.46 bits per heavy atom. The summed E-state index contributed by atoms with van der Waals surface area (Å²) < 4.78 is 0. The second kappa shape index (κ2) is 8.49. The van der Waals surface area contributed by atoms with Gasteiger partial charge in [-0.1, -0.05) is 42.0 Å². The standard InChI is InChI=1S/C21H28N2O3/c24-19(22-14-13-16-7-3-1-4-8-16)20(25)23-15-21(26,18-11-12-18)17-9-5-2-6-10-17/h2,5-7,9-10,18,26H,1,3-4,8,11-15H2,(H,22,24)(H,23,25). The van der Waals surface area contributed by atoms with Gasteiger partial charge in [0.1, 0.15) is 5.60 Å². The lowest BCUT2D eigenvalue weighted by molar-refractivity contribution is -0.140. The van der Waals surface area contributed by atoms with Gasteiger partial charge in [0.2, 0.25) is 0 Å². The molecule has 1 saturated carbocycles. The number of aliphatic hydroxyl groups is 1. The molecule has 1 aromatic carbocycles. The van der Waals surface area contributed by atoms with E-state index in [0.717, 1.165) is 37.7 Å². The average Bonchev–Trinajstić information content (AvgIpc) is 3.53. The van der Waals surface area contributed by atoms with Crippen LogP contribution >= 0.6 is 0 Å². The van der Waals surface area contributed by atoms with E-state index in [-0.39, 0.29) is 12.5 Å². The first-order valence-corrected chi connectivity index (χ1v) is 9.61. The second-order valence-electron chi connectivity index (χ2n) is 7.36. The van der Waals surface area contributed by atoms with Gasteiger partial charge in [0, 0.05) is 6.54 Å². The van der Waals surface area contributed by atoms with Crippen molar-refractivity contribution in [3.8, 4) is 0 Å². The van der Waals surface area contributed by atoms with Crippen LogP contribution in [0, 0.1) is 5.92 Å². The number of allylic oxidation sites excluding steroid dienone is 1. The molecule has 0 aromatic heterocycles. The molecular formula is C21H28N2O3. The smallest absolute Gasteiger partial charge is 0.309 e. The highest BCUT2D eigenvalue weighted by molar-refractivity contribution is 6.35. The summed E-state index contributed by atoms with van der Waals surface area (Å²) in [5.74, 6) is -1.18. The predicted molar refractivity (Wildman–Crippen MR) is 100 cm³/mol.